The fraction of sp³-hybridized carbons (Fsp3) is 1.00. The third-order valence-electron chi connectivity index (χ3n) is 5.40. The van der Waals surface area contributed by atoms with E-state index in [1.165, 1.54) is 83.5 Å². The Kier molecular flexibility index (Phi) is 13.9. The molecule has 0 radical (unpaired) electrons. The molecule has 24 heavy (non-hydrogen) atoms. The summed E-state index contributed by atoms with van der Waals surface area (Å²) in [5.41, 5.74) is 0. The summed E-state index contributed by atoms with van der Waals surface area (Å²) in [6, 6.07) is 0. The Morgan fingerprint density at radius 1 is 0.833 bits per heavy atom. The molecule has 2 heteroatoms. The second-order valence-electron chi connectivity index (χ2n) is 8.18. The summed E-state index contributed by atoms with van der Waals surface area (Å²) < 4.78 is 11.5. The van der Waals surface area contributed by atoms with E-state index in [2.05, 4.69) is 20.8 Å². The Hall–Kier alpha value is -0.0800. The van der Waals surface area contributed by atoms with E-state index in [1.54, 1.807) is 0 Å². The lowest BCUT2D eigenvalue weighted by Gasteiger charge is -2.24. The van der Waals surface area contributed by atoms with Gasteiger partial charge < -0.3 is 9.47 Å². The zero-order chi connectivity index (χ0) is 17.5. The Morgan fingerprint density at radius 3 is 2.21 bits per heavy atom. The molecule has 144 valence electrons. The Morgan fingerprint density at radius 2 is 1.50 bits per heavy atom. The van der Waals surface area contributed by atoms with Crippen LogP contribution in [0.25, 0.3) is 0 Å². The van der Waals surface area contributed by atoms with Gasteiger partial charge in [0.05, 0.1) is 6.61 Å². The predicted molar refractivity (Wildman–Crippen MR) is 104 cm³/mol. The quantitative estimate of drug-likeness (QED) is 0.296. The van der Waals surface area contributed by atoms with Crippen molar-refractivity contribution in [3.63, 3.8) is 0 Å². The maximum Gasteiger partial charge on any atom is 0.157 e. The number of rotatable bonds is 15. The van der Waals surface area contributed by atoms with E-state index in [0.29, 0.717) is 5.92 Å². The summed E-state index contributed by atoms with van der Waals surface area (Å²) in [6.07, 6.45) is 19.1. The molecule has 0 saturated carbocycles. The maximum absolute atomic E-state index is 5.90. The molecule has 1 fully saturated rings. The molecule has 0 aliphatic carbocycles. The molecular weight excluding hydrogens is 296 g/mol. The summed E-state index contributed by atoms with van der Waals surface area (Å²) in [6.45, 7) is 8.81. The first-order valence-electron chi connectivity index (χ1n) is 11.0. The minimum atomic E-state index is 0.0810. The molecular formula is C22H44O2. The smallest absolute Gasteiger partial charge is 0.157 e. The average molecular weight is 341 g/mol. The molecule has 0 aromatic carbocycles. The van der Waals surface area contributed by atoms with Gasteiger partial charge in [-0.15, -0.1) is 0 Å². The van der Waals surface area contributed by atoms with Crippen LogP contribution in [0, 0.1) is 11.8 Å². The molecule has 1 heterocycles. The highest BCUT2D eigenvalue weighted by molar-refractivity contribution is 4.60. The molecule has 1 rings (SSSR count). The summed E-state index contributed by atoms with van der Waals surface area (Å²) in [7, 11) is 0. The van der Waals surface area contributed by atoms with Crippen molar-refractivity contribution < 1.29 is 9.47 Å². The Bertz CT molecular complexity index is 261. The van der Waals surface area contributed by atoms with E-state index in [4.69, 9.17) is 9.47 Å². The van der Waals surface area contributed by atoms with Crippen LogP contribution in [0.5, 0.6) is 0 Å². The molecule has 0 amide bonds. The molecule has 1 saturated heterocycles. The fourth-order valence-electron chi connectivity index (χ4n) is 3.61. The van der Waals surface area contributed by atoms with Crippen molar-refractivity contribution in [2.75, 3.05) is 13.2 Å². The molecule has 1 aliphatic rings. The van der Waals surface area contributed by atoms with Gasteiger partial charge in [0, 0.05) is 6.61 Å². The van der Waals surface area contributed by atoms with Gasteiger partial charge in [0.15, 0.2) is 6.29 Å². The largest absolute Gasteiger partial charge is 0.353 e. The zero-order valence-corrected chi connectivity index (χ0v) is 16.9. The highest BCUT2D eigenvalue weighted by Gasteiger charge is 2.15. The molecule has 1 unspecified atom stereocenters. The van der Waals surface area contributed by atoms with Crippen LogP contribution in [0.3, 0.4) is 0 Å². The van der Waals surface area contributed by atoms with Gasteiger partial charge in [-0.25, -0.2) is 0 Å². The predicted octanol–water partition coefficient (Wildman–Crippen LogP) is 7.11. The third-order valence-corrected chi connectivity index (χ3v) is 5.40. The lowest BCUT2D eigenvalue weighted by molar-refractivity contribution is -0.168. The van der Waals surface area contributed by atoms with Crippen LogP contribution in [0.15, 0.2) is 0 Å². The van der Waals surface area contributed by atoms with Crippen molar-refractivity contribution in [1.82, 2.24) is 0 Å². The lowest BCUT2D eigenvalue weighted by atomic mass is 9.94. The minimum absolute atomic E-state index is 0.0810. The fourth-order valence-corrected chi connectivity index (χ4v) is 3.61. The van der Waals surface area contributed by atoms with Gasteiger partial charge in [-0.05, 0) is 37.5 Å². The molecule has 2 nitrogen and oxygen atoms in total. The van der Waals surface area contributed by atoms with Crippen molar-refractivity contribution >= 4 is 0 Å². The van der Waals surface area contributed by atoms with Crippen molar-refractivity contribution in [2.45, 2.75) is 117 Å². The van der Waals surface area contributed by atoms with Crippen LogP contribution in [0.2, 0.25) is 0 Å². The molecule has 0 aromatic heterocycles. The Balaban J connectivity index is 1.87. The van der Waals surface area contributed by atoms with Crippen molar-refractivity contribution in [1.29, 1.82) is 0 Å². The van der Waals surface area contributed by atoms with Crippen LogP contribution >= 0.6 is 0 Å². The first-order valence-corrected chi connectivity index (χ1v) is 11.0. The highest BCUT2D eigenvalue weighted by Crippen LogP contribution is 2.20. The summed E-state index contributed by atoms with van der Waals surface area (Å²) >= 11 is 0. The van der Waals surface area contributed by atoms with Crippen LogP contribution in [0.1, 0.15) is 111 Å². The van der Waals surface area contributed by atoms with Gasteiger partial charge in [0.25, 0.3) is 0 Å². The monoisotopic (exact) mass is 340 g/mol. The van der Waals surface area contributed by atoms with E-state index in [-0.39, 0.29) is 6.29 Å². The zero-order valence-electron chi connectivity index (χ0n) is 16.9. The standard InChI is InChI=1S/C22H44O2/c1-4-5-6-7-8-9-10-14-20(2)15-13-16-21(3)19-24-22-17-11-12-18-23-22/h20-22H,4-19H2,1-3H3/t20-,21+,22?/m1/s1. The Labute approximate surface area is 152 Å². The summed E-state index contributed by atoms with van der Waals surface area (Å²) in [5, 5.41) is 0. The van der Waals surface area contributed by atoms with Gasteiger partial charge in [-0.1, -0.05) is 85.0 Å². The van der Waals surface area contributed by atoms with Gasteiger partial charge in [0.2, 0.25) is 0 Å². The molecule has 3 atom stereocenters. The summed E-state index contributed by atoms with van der Waals surface area (Å²) in [5.74, 6) is 1.57. The van der Waals surface area contributed by atoms with Crippen molar-refractivity contribution in [2.24, 2.45) is 11.8 Å². The van der Waals surface area contributed by atoms with Gasteiger partial charge in [-0.2, -0.15) is 0 Å². The third kappa shape index (κ3) is 12.3. The van der Waals surface area contributed by atoms with Crippen LogP contribution in [0.4, 0.5) is 0 Å². The van der Waals surface area contributed by atoms with Crippen LogP contribution in [-0.4, -0.2) is 19.5 Å². The normalized spacial score (nSPS) is 20.9. The molecule has 0 spiro atoms. The number of hydrogen-bond donors (Lipinski definition) is 0. The van der Waals surface area contributed by atoms with Crippen molar-refractivity contribution in [3.8, 4) is 0 Å². The SMILES string of the molecule is CCCCCCCCC[C@@H](C)CCC[C@H](C)COC1CCCCO1. The number of unbranched alkanes of at least 4 members (excludes halogenated alkanes) is 6. The summed E-state index contributed by atoms with van der Waals surface area (Å²) in [4.78, 5) is 0. The molecule has 0 bridgehead atoms. The lowest BCUT2D eigenvalue weighted by Crippen LogP contribution is -2.24. The topological polar surface area (TPSA) is 18.5 Å². The van der Waals surface area contributed by atoms with E-state index in [1.807, 2.05) is 0 Å². The van der Waals surface area contributed by atoms with Crippen LogP contribution in [-0.2, 0) is 9.47 Å². The minimum Gasteiger partial charge on any atom is -0.353 e. The van der Waals surface area contributed by atoms with Crippen LogP contribution < -0.4 is 0 Å². The first kappa shape index (κ1) is 22.0. The number of ether oxygens (including phenoxy) is 2. The molecule has 0 N–H and O–H groups in total. The second-order valence-corrected chi connectivity index (χ2v) is 8.18. The molecule has 1 aliphatic heterocycles. The molecule has 0 aromatic rings. The van der Waals surface area contributed by atoms with E-state index in [9.17, 15) is 0 Å². The van der Waals surface area contributed by atoms with E-state index in [0.717, 1.165) is 25.6 Å². The maximum atomic E-state index is 5.90. The van der Waals surface area contributed by atoms with Gasteiger partial charge >= 0.3 is 0 Å². The van der Waals surface area contributed by atoms with E-state index < -0.39 is 0 Å². The van der Waals surface area contributed by atoms with Crippen molar-refractivity contribution in [3.05, 3.63) is 0 Å². The highest BCUT2D eigenvalue weighted by atomic mass is 16.7. The van der Waals surface area contributed by atoms with Gasteiger partial charge in [0.1, 0.15) is 0 Å². The second kappa shape index (κ2) is 15.2. The van der Waals surface area contributed by atoms with Gasteiger partial charge in [-0.3, -0.25) is 0 Å². The van der Waals surface area contributed by atoms with E-state index >= 15 is 0 Å². The average Bonchev–Trinajstić information content (AvgIpc) is 2.60. The first-order chi connectivity index (χ1) is 11.7. The number of hydrogen-bond acceptors (Lipinski definition) is 2.